The van der Waals surface area contributed by atoms with Crippen molar-refractivity contribution in [3.05, 3.63) is 29.6 Å². The van der Waals surface area contributed by atoms with Gasteiger partial charge in [-0.2, -0.15) is 0 Å². The molecule has 0 unspecified atom stereocenters. The third-order valence-corrected chi connectivity index (χ3v) is 3.74. The predicted octanol–water partition coefficient (Wildman–Crippen LogP) is 1.71. The van der Waals surface area contributed by atoms with Gasteiger partial charge in [0.25, 0.3) is 5.91 Å². The van der Waals surface area contributed by atoms with E-state index in [0.29, 0.717) is 25.3 Å². The van der Waals surface area contributed by atoms with E-state index < -0.39 is 5.82 Å². The molecule has 21 heavy (non-hydrogen) atoms. The topological polar surface area (TPSA) is 48.0 Å². The van der Waals surface area contributed by atoms with Gasteiger partial charge in [-0.25, -0.2) is 4.39 Å². The number of rotatable bonds is 5. The molecule has 1 amide bonds. The van der Waals surface area contributed by atoms with Crippen LogP contribution in [-0.2, 0) is 9.47 Å². The van der Waals surface area contributed by atoms with Gasteiger partial charge < -0.3 is 19.1 Å². The normalized spacial score (nSPS) is 21.6. The fourth-order valence-electron chi connectivity index (χ4n) is 2.59. The van der Waals surface area contributed by atoms with Crippen LogP contribution in [0.1, 0.15) is 16.8 Å². The molecule has 1 fully saturated rings. The minimum Gasteiger partial charge on any atom is -0.497 e. The quantitative estimate of drug-likeness (QED) is 0.830. The summed E-state index contributed by atoms with van der Waals surface area (Å²) < 4.78 is 29.4. The first-order chi connectivity index (χ1) is 10.1. The number of methoxy groups -OCH3 is 3. The van der Waals surface area contributed by atoms with E-state index in [4.69, 9.17) is 14.2 Å². The zero-order valence-electron chi connectivity index (χ0n) is 12.5. The molecule has 0 aromatic heterocycles. The molecule has 116 valence electrons. The molecule has 0 bridgehead atoms. The van der Waals surface area contributed by atoms with Crippen LogP contribution in [0.25, 0.3) is 0 Å². The molecule has 1 saturated heterocycles. The molecule has 0 N–H and O–H groups in total. The summed E-state index contributed by atoms with van der Waals surface area (Å²) >= 11 is 0. The standard InChI is InChI=1S/C15H20FNO4/c1-19-9-10-6-12(21-3)8-17(10)15(18)13-5-4-11(20-2)7-14(13)16/h4-5,7,10,12H,6,8-9H2,1-3H3/t10-,12+/m0/s1. The number of amides is 1. The van der Waals surface area contributed by atoms with E-state index in [1.165, 1.54) is 19.2 Å². The SMILES string of the molecule is COC[C@@H]1C[C@@H](OC)CN1C(=O)c1ccc(OC)cc1F. The molecular formula is C15H20FNO4. The maximum Gasteiger partial charge on any atom is 0.257 e. The predicted molar refractivity (Wildman–Crippen MR) is 75.1 cm³/mol. The van der Waals surface area contributed by atoms with E-state index in [1.807, 2.05) is 0 Å². The van der Waals surface area contributed by atoms with E-state index in [1.54, 1.807) is 25.2 Å². The van der Waals surface area contributed by atoms with Gasteiger partial charge >= 0.3 is 0 Å². The van der Waals surface area contributed by atoms with Gasteiger partial charge in [-0.3, -0.25) is 4.79 Å². The van der Waals surface area contributed by atoms with Gasteiger partial charge in [-0.15, -0.1) is 0 Å². The van der Waals surface area contributed by atoms with Crippen molar-refractivity contribution < 1.29 is 23.4 Å². The molecule has 1 aromatic carbocycles. The maximum atomic E-state index is 14.0. The number of benzene rings is 1. The van der Waals surface area contributed by atoms with Crippen LogP contribution in [0.4, 0.5) is 4.39 Å². The Morgan fingerprint density at radius 1 is 1.38 bits per heavy atom. The Kier molecular flexibility index (Phi) is 5.14. The van der Waals surface area contributed by atoms with E-state index in [0.717, 1.165) is 0 Å². The molecule has 1 aliphatic heterocycles. The second-order valence-corrected chi connectivity index (χ2v) is 5.01. The second kappa shape index (κ2) is 6.87. The number of hydrogen-bond acceptors (Lipinski definition) is 4. The second-order valence-electron chi connectivity index (χ2n) is 5.01. The first-order valence-corrected chi connectivity index (χ1v) is 6.77. The fraction of sp³-hybridized carbons (Fsp3) is 0.533. The van der Waals surface area contributed by atoms with Crippen molar-refractivity contribution in [1.82, 2.24) is 4.90 Å². The van der Waals surface area contributed by atoms with Crippen LogP contribution >= 0.6 is 0 Å². The number of carbonyl (C=O) groups is 1. The fourth-order valence-corrected chi connectivity index (χ4v) is 2.59. The van der Waals surface area contributed by atoms with Gasteiger partial charge in [-0.05, 0) is 18.6 Å². The minimum absolute atomic E-state index is 0.0358. The molecule has 1 aromatic rings. The lowest BCUT2D eigenvalue weighted by atomic mass is 10.1. The van der Waals surface area contributed by atoms with E-state index in [9.17, 15) is 9.18 Å². The summed E-state index contributed by atoms with van der Waals surface area (Å²) in [7, 11) is 4.64. The van der Waals surface area contributed by atoms with Gasteiger partial charge in [0.2, 0.25) is 0 Å². The molecule has 5 nitrogen and oxygen atoms in total. The zero-order chi connectivity index (χ0) is 15.4. The lowest BCUT2D eigenvalue weighted by Crippen LogP contribution is -2.38. The largest absolute Gasteiger partial charge is 0.497 e. The first kappa shape index (κ1) is 15.7. The summed E-state index contributed by atoms with van der Waals surface area (Å²) in [5, 5.41) is 0. The highest BCUT2D eigenvalue weighted by molar-refractivity contribution is 5.95. The Morgan fingerprint density at radius 3 is 2.71 bits per heavy atom. The van der Waals surface area contributed by atoms with Gasteiger partial charge in [0, 0.05) is 26.8 Å². The number of ether oxygens (including phenoxy) is 3. The van der Waals surface area contributed by atoms with Gasteiger partial charge in [0.05, 0.1) is 31.4 Å². The summed E-state index contributed by atoms with van der Waals surface area (Å²) in [5.41, 5.74) is 0.0358. The number of halogens is 1. The highest BCUT2D eigenvalue weighted by Gasteiger charge is 2.36. The lowest BCUT2D eigenvalue weighted by Gasteiger charge is -2.24. The van der Waals surface area contributed by atoms with Crippen LogP contribution in [-0.4, -0.2) is 57.4 Å². The van der Waals surface area contributed by atoms with Crippen molar-refractivity contribution in [2.24, 2.45) is 0 Å². The summed E-state index contributed by atoms with van der Waals surface area (Å²) in [6, 6.07) is 4.13. The highest BCUT2D eigenvalue weighted by Crippen LogP contribution is 2.25. The first-order valence-electron chi connectivity index (χ1n) is 6.77. The van der Waals surface area contributed by atoms with Crippen LogP contribution in [0.5, 0.6) is 5.75 Å². The van der Waals surface area contributed by atoms with E-state index >= 15 is 0 Å². The molecule has 1 heterocycles. The van der Waals surface area contributed by atoms with Crippen molar-refractivity contribution in [3.63, 3.8) is 0 Å². The summed E-state index contributed by atoms with van der Waals surface area (Å²) in [4.78, 5) is 14.2. The average molecular weight is 297 g/mol. The van der Waals surface area contributed by atoms with E-state index in [-0.39, 0.29) is 23.6 Å². The van der Waals surface area contributed by atoms with Gasteiger partial charge in [-0.1, -0.05) is 0 Å². The van der Waals surface area contributed by atoms with Gasteiger partial charge in [0.15, 0.2) is 0 Å². The number of nitrogens with zero attached hydrogens (tertiary/aromatic N) is 1. The van der Waals surface area contributed by atoms with Crippen molar-refractivity contribution in [2.45, 2.75) is 18.6 Å². The number of hydrogen-bond donors (Lipinski definition) is 0. The Hall–Kier alpha value is -1.66. The number of carbonyl (C=O) groups excluding carboxylic acids is 1. The van der Waals surface area contributed by atoms with E-state index in [2.05, 4.69) is 0 Å². The van der Waals surface area contributed by atoms with Crippen molar-refractivity contribution in [3.8, 4) is 5.75 Å². The molecule has 2 atom stereocenters. The Morgan fingerprint density at radius 2 is 2.14 bits per heavy atom. The minimum atomic E-state index is -0.587. The van der Waals surface area contributed by atoms with Crippen molar-refractivity contribution >= 4 is 5.91 Å². The monoisotopic (exact) mass is 297 g/mol. The molecule has 0 radical (unpaired) electrons. The highest BCUT2D eigenvalue weighted by atomic mass is 19.1. The summed E-state index contributed by atoms with van der Waals surface area (Å²) in [6.07, 6.45) is 0.642. The third-order valence-electron chi connectivity index (χ3n) is 3.74. The Balaban J connectivity index is 2.21. The zero-order valence-corrected chi connectivity index (χ0v) is 12.5. The maximum absolute atomic E-state index is 14.0. The Bertz CT molecular complexity index is 508. The molecule has 0 saturated carbocycles. The van der Waals surface area contributed by atoms with Crippen LogP contribution in [0.3, 0.4) is 0 Å². The number of likely N-dealkylation sites (tertiary alicyclic amines) is 1. The average Bonchev–Trinajstić information content (AvgIpc) is 2.90. The summed E-state index contributed by atoms with van der Waals surface area (Å²) in [5.74, 6) is -0.554. The summed E-state index contributed by atoms with van der Waals surface area (Å²) in [6.45, 7) is 0.845. The molecular weight excluding hydrogens is 277 g/mol. The van der Waals surface area contributed by atoms with Crippen molar-refractivity contribution in [2.75, 3.05) is 34.5 Å². The molecule has 0 spiro atoms. The Labute approximate surface area is 123 Å². The van der Waals surface area contributed by atoms with Crippen LogP contribution in [0.2, 0.25) is 0 Å². The smallest absolute Gasteiger partial charge is 0.257 e. The lowest BCUT2D eigenvalue weighted by molar-refractivity contribution is 0.0607. The molecule has 0 aliphatic carbocycles. The molecule has 2 rings (SSSR count). The van der Waals surface area contributed by atoms with Crippen LogP contribution in [0, 0.1) is 5.82 Å². The van der Waals surface area contributed by atoms with Crippen LogP contribution < -0.4 is 4.74 Å². The van der Waals surface area contributed by atoms with Gasteiger partial charge in [0.1, 0.15) is 11.6 Å². The van der Waals surface area contributed by atoms with Crippen LogP contribution in [0.15, 0.2) is 18.2 Å². The third kappa shape index (κ3) is 3.33. The molecule has 1 aliphatic rings. The van der Waals surface area contributed by atoms with Crippen molar-refractivity contribution in [1.29, 1.82) is 0 Å². The molecule has 6 heteroatoms.